The van der Waals surface area contributed by atoms with Crippen molar-refractivity contribution in [3.05, 3.63) is 36.0 Å². The van der Waals surface area contributed by atoms with Crippen LogP contribution in [0.3, 0.4) is 0 Å². The molecule has 0 spiro atoms. The fourth-order valence-electron chi connectivity index (χ4n) is 2.44. The molecule has 0 aliphatic heterocycles. The molecule has 116 valence electrons. The van der Waals surface area contributed by atoms with Gasteiger partial charge < -0.3 is 9.90 Å². The molecule has 1 fully saturated rings. The zero-order valence-electron chi connectivity index (χ0n) is 11.3. The van der Waals surface area contributed by atoms with E-state index in [4.69, 9.17) is 0 Å². The monoisotopic (exact) mass is 326 g/mol. The third-order valence-electron chi connectivity index (χ3n) is 3.87. The predicted octanol–water partition coefficient (Wildman–Crippen LogP) is 3.02. The smallest absolute Gasteiger partial charge is 0.416 e. The summed E-state index contributed by atoms with van der Waals surface area (Å²) in [7, 11) is 0. The summed E-state index contributed by atoms with van der Waals surface area (Å²) in [5.74, 6) is -1.17. The quantitative estimate of drug-likeness (QED) is 0.870. The lowest BCUT2D eigenvalue weighted by molar-refractivity contribution is -0.311. The van der Waals surface area contributed by atoms with Crippen molar-refractivity contribution in [3.8, 4) is 0 Å². The van der Waals surface area contributed by atoms with Gasteiger partial charge in [0, 0.05) is 16.5 Å². The van der Waals surface area contributed by atoms with Crippen LogP contribution < -0.4 is 5.11 Å². The number of thioether (sulfide) groups is 1. The van der Waals surface area contributed by atoms with Gasteiger partial charge in [0.1, 0.15) is 0 Å². The fourth-order valence-corrected chi connectivity index (χ4v) is 3.84. The number of rotatable bonds is 3. The molecule has 1 aromatic carbocycles. The maximum atomic E-state index is 12.9. The van der Waals surface area contributed by atoms with Gasteiger partial charge in [0.15, 0.2) is 0 Å². The van der Waals surface area contributed by atoms with Gasteiger partial charge >= 0.3 is 6.18 Å². The van der Waals surface area contributed by atoms with E-state index >= 15 is 0 Å². The summed E-state index contributed by atoms with van der Waals surface area (Å²) in [6.07, 6.45) is -1.28. The highest BCUT2D eigenvalue weighted by molar-refractivity contribution is 8.01. The summed E-state index contributed by atoms with van der Waals surface area (Å²) >= 11 is 1.07. The number of alkyl halides is 3. The topological polar surface area (TPSA) is 53.0 Å². The van der Waals surface area contributed by atoms with E-state index in [1.165, 1.54) is 12.3 Å². The molecule has 1 aliphatic carbocycles. The number of halogens is 3. The number of carbonyl (C=O) groups is 1. The Morgan fingerprint density at radius 1 is 1.27 bits per heavy atom. The minimum Gasteiger partial charge on any atom is -0.549 e. The van der Waals surface area contributed by atoms with Crippen LogP contribution in [0.5, 0.6) is 0 Å². The van der Waals surface area contributed by atoms with Crippen molar-refractivity contribution in [2.45, 2.75) is 35.1 Å². The molecule has 0 bridgehead atoms. The zero-order valence-corrected chi connectivity index (χ0v) is 12.1. The third kappa shape index (κ3) is 2.54. The molecule has 0 N–H and O–H groups in total. The van der Waals surface area contributed by atoms with Crippen LogP contribution in [0.2, 0.25) is 0 Å². The summed E-state index contributed by atoms with van der Waals surface area (Å²) in [6.45, 7) is 0. The van der Waals surface area contributed by atoms with Crippen LogP contribution in [0.25, 0.3) is 10.9 Å². The van der Waals surface area contributed by atoms with Gasteiger partial charge in [0.05, 0.1) is 21.8 Å². The molecule has 0 amide bonds. The van der Waals surface area contributed by atoms with Gasteiger partial charge in [-0.05, 0) is 43.5 Å². The number of carbonyl (C=O) groups excluding carboxylic acids is 1. The lowest BCUT2D eigenvalue weighted by Crippen LogP contribution is -2.50. The Labute approximate surface area is 128 Å². The molecule has 0 radical (unpaired) electrons. The molecule has 1 saturated carbocycles. The molecule has 1 aromatic heterocycles. The summed E-state index contributed by atoms with van der Waals surface area (Å²) < 4.78 is 37.5. The standard InChI is InChI=1S/C15H12F3NO2S/c16-15(17,18)9-2-3-11-10(8-9)12(4-7-19-11)22-14(13(20)21)5-1-6-14/h2-4,7-8H,1,5-6H2,(H,20,21)/p-1. The Bertz CT molecular complexity index is 741. The maximum Gasteiger partial charge on any atom is 0.416 e. The van der Waals surface area contributed by atoms with Gasteiger partial charge in [-0.1, -0.05) is 0 Å². The second-order valence-electron chi connectivity index (χ2n) is 5.28. The van der Waals surface area contributed by atoms with E-state index in [1.807, 2.05) is 0 Å². The Hall–Kier alpha value is -1.76. The van der Waals surface area contributed by atoms with Crippen molar-refractivity contribution in [1.29, 1.82) is 0 Å². The highest BCUT2D eigenvalue weighted by Gasteiger charge is 2.40. The predicted molar refractivity (Wildman–Crippen MR) is 74.2 cm³/mol. The van der Waals surface area contributed by atoms with Gasteiger partial charge in [0.2, 0.25) is 0 Å². The van der Waals surface area contributed by atoms with Crippen molar-refractivity contribution in [3.63, 3.8) is 0 Å². The molecule has 2 aromatic rings. The van der Waals surface area contributed by atoms with E-state index in [2.05, 4.69) is 4.98 Å². The first-order valence-electron chi connectivity index (χ1n) is 6.68. The number of aromatic nitrogens is 1. The maximum absolute atomic E-state index is 12.9. The summed E-state index contributed by atoms with van der Waals surface area (Å²) in [4.78, 5) is 15.9. The minimum atomic E-state index is -4.45. The van der Waals surface area contributed by atoms with Gasteiger partial charge in [-0.2, -0.15) is 13.2 Å². The van der Waals surface area contributed by atoms with E-state index in [9.17, 15) is 23.1 Å². The summed E-state index contributed by atoms with van der Waals surface area (Å²) in [6, 6.07) is 4.85. The first-order chi connectivity index (χ1) is 10.3. The first-order valence-corrected chi connectivity index (χ1v) is 7.50. The van der Waals surface area contributed by atoms with Crippen LogP contribution in [0, 0.1) is 0 Å². The van der Waals surface area contributed by atoms with E-state index in [1.54, 1.807) is 6.07 Å². The largest absolute Gasteiger partial charge is 0.549 e. The molecule has 1 aliphatic rings. The number of aliphatic carboxylic acids is 1. The number of benzene rings is 1. The lowest BCUT2D eigenvalue weighted by atomic mass is 9.84. The molecule has 22 heavy (non-hydrogen) atoms. The van der Waals surface area contributed by atoms with E-state index in [0.717, 1.165) is 30.3 Å². The van der Waals surface area contributed by atoms with E-state index in [-0.39, 0.29) is 0 Å². The molecule has 3 nitrogen and oxygen atoms in total. The average molecular weight is 326 g/mol. The van der Waals surface area contributed by atoms with Crippen LogP contribution in [0.15, 0.2) is 35.4 Å². The van der Waals surface area contributed by atoms with Crippen molar-refractivity contribution in [2.24, 2.45) is 0 Å². The van der Waals surface area contributed by atoms with E-state index in [0.29, 0.717) is 28.6 Å². The molecule has 1 heterocycles. The van der Waals surface area contributed by atoms with Crippen molar-refractivity contribution in [1.82, 2.24) is 4.98 Å². The number of hydrogen-bond donors (Lipinski definition) is 0. The van der Waals surface area contributed by atoms with Gasteiger partial charge in [-0.25, -0.2) is 0 Å². The molecule has 7 heteroatoms. The zero-order chi connectivity index (χ0) is 16.0. The molecular weight excluding hydrogens is 315 g/mol. The van der Waals surface area contributed by atoms with Crippen LogP contribution in [0.1, 0.15) is 24.8 Å². The number of nitrogens with zero attached hydrogens (tertiary/aromatic N) is 1. The Morgan fingerprint density at radius 3 is 2.55 bits per heavy atom. The fraction of sp³-hybridized carbons (Fsp3) is 0.333. The van der Waals surface area contributed by atoms with Crippen molar-refractivity contribution < 1.29 is 23.1 Å². The number of carboxylic acids is 1. The number of fused-ring (bicyclic) bond motifs is 1. The Morgan fingerprint density at radius 2 is 2.00 bits per heavy atom. The highest BCUT2D eigenvalue weighted by atomic mass is 32.2. The molecule has 0 atom stereocenters. The summed E-state index contributed by atoms with van der Waals surface area (Å²) in [5, 5.41) is 11.7. The van der Waals surface area contributed by atoms with Gasteiger partial charge in [0.25, 0.3) is 0 Å². The minimum absolute atomic E-state index is 0.315. The third-order valence-corrected chi connectivity index (χ3v) is 5.41. The number of hydrogen-bond acceptors (Lipinski definition) is 4. The molecule has 0 saturated heterocycles. The second-order valence-corrected chi connectivity index (χ2v) is 6.70. The van der Waals surface area contributed by atoms with Crippen LogP contribution in [-0.4, -0.2) is 15.7 Å². The average Bonchev–Trinajstić information content (AvgIpc) is 2.41. The number of pyridine rings is 1. The number of carboxylic acid groups (broad SMARTS) is 1. The lowest BCUT2D eigenvalue weighted by Gasteiger charge is -2.42. The van der Waals surface area contributed by atoms with Crippen LogP contribution in [-0.2, 0) is 11.0 Å². The van der Waals surface area contributed by atoms with Gasteiger partial charge in [-0.3, -0.25) is 4.98 Å². The molecular formula is C15H11F3NO2S-. The van der Waals surface area contributed by atoms with Gasteiger partial charge in [-0.15, -0.1) is 11.8 Å². The SMILES string of the molecule is O=C([O-])C1(Sc2ccnc3ccc(C(F)(F)F)cc23)CCC1. The van der Waals surface area contributed by atoms with E-state index < -0.39 is 22.5 Å². The normalized spacial score (nSPS) is 17.2. The molecule has 0 unspecified atom stereocenters. The Kier molecular flexibility index (Phi) is 3.55. The summed E-state index contributed by atoms with van der Waals surface area (Å²) in [5.41, 5.74) is -0.364. The first kappa shape index (κ1) is 15.1. The Balaban J connectivity index is 2.07. The van der Waals surface area contributed by atoms with Crippen molar-refractivity contribution in [2.75, 3.05) is 0 Å². The molecule has 3 rings (SSSR count). The van der Waals surface area contributed by atoms with Crippen LogP contribution >= 0.6 is 11.8 Å². The second kappa shape index (κ2) is 5.15. The van der Waals surface area contributed by atoms with Crippen LogP contribution in [0.4, 0.5) is 13.2 Å². The van der Waals surface area contributed by atoms with Crippen molar-refractivity contribution >= 4 is 28.6 Å². The highest BCUT2D eigenvalue weighted by Crippen LogP contribution is 2.49.